The van der Waals surface area contributed by atoms with Gasteiger partial charge in [-0.2, -0.15) is 0 Å². The van der Waals surface area contributed by atoms with Crippen molar-refractivity contribution < 1.29 is 9.53 Å². The second-order valence-electron chi connectivity index (χ2n) is 8.26. The lowest BCUT2D eigenvalue weighted by Gasteiger charge is -2.28. The minimum absolute atomic E-state index is 0.119. The van der Waals surface area contributed by atoms with Crippen LogP contribution in [0.2, 0.25) is 4.34 Å². The van der Waals surface area contributed by atoms with E-state index < -0.39 is 0 Å². The number of fused-ring (bicyclic) bond motifs is 1. The first kappa shape index (κ1) is 20.5. The summed E-state index contributed by atoms with van der Waals surface area (Å²) < 4.78 is 8.60. The standard InChI is InChI=1S/C23H25ClN4O2S/c24-19-9-8-18(31-19)23(11-4-5-12-23)21-26-25-20-10-13-27(14-15-28(20)21)22(29)30-16-17-6-2-1-3-7-17/h1-3,6-9H,4-5,10-16H2. The molecule has 1 aliphatic heterocycles. The number of aromatic nitrogens is 3. The van der Waals surface area contributed by atoms with Gasteiger partial charge in [0.05, 0.1) is 9.75 Å². The molecule has 3 heterocycles. The van der Waals surface area contributed by atoms with Crippen molar-refractivity contribution in [3.05, 3.63) is 68.9 Å². The number of rotatable bonds is 4. The lowest BCUT2D eigenvalue weighted by molar-refractivity contribution is 0.0967. The van der Waals surface area contributed by atoms with Crippen molar-refractivity contribution in [3.63, 3.8) is 0 Å². The number of benzene rings is 1. The maximum atomic E-state index is 12.7. The summed E-state index contributed by atoms with van der Waals surface area (Å²) in [6.45, 7) is 2.14. The van der Waals surface area contributed by atoms with E-state index in [0.717, 1.165) is 34.4 Å². The van der Waals surface area contributed by atoms with E-state index in [-0.39, 0.29) is 18.1 Å². The fourth-order valence-corrected chi connectivity index (χ4v) is 6.09. The van der Waals surface area contributed by atoms with Crippen LogP contribution in [0.15, 0.2) is 42.5 Å². The molecule has 3 aromatic rings. The van der Waals surface area contributed by atoms with Crippen LogP contribution in [-0.2, 0) is 29.7 Å². The summed E-state index contributed by atoms with van der Waals surface area (Å²) in [5, 5.41) is 9.20. The third kappa shape index (κ3) is 3.96. The van der Waals surface area contributed by atoms with Crippen molar-refractivity contribution in [2.24, 2.45) is 0 Å². The molecule has 5 rings (SSSR count). The van der Waals surface area contributed by atoms with Gasteiger partial charge in [0.25, 0.3) is 0 Å². The van der Waals surface area contributed by atoms with Crippen LogP contribution in [0.4, 0.5) is 4.79 Å². The molecular formula is C23H25ClN4O2S. The number of amides is 1. The van der Waals surface area contributed by atoms with Crippen molar-refractivity contribution >= 4 is 29.0 Å². The smallest absolute Gasteiger partial charge is 0.410 e. The van der Waals surface area contributed by atoms with Crippen molar-refractivity contribution in [2.45, 2.75) is 50.7 Å². The Hall–Kier alpha value is -2.38. The average molecular weight is 457 g/mol. The van der Waals surface area contributed by atoms with Crippen LogP contribution < -0.4 is 0 Å². The highest BCUT2D eigenvalue weighted by molar-refractivity contribution is 7.16. The molecule has 0 unspecified atom stereocenters. The fourth-order valence-electron chi connectivity index (χ4n) is 4.80. The first-order chi connectivity index (χ1) is 15.2. The third-order valence-corrected chi connectivity index (χ3v) is 7.85. The van der Waals surface area contributed by atoms with E-state index in [9.17, 15) is 4.79 Å². The first-order valence-corrected chi connectivity index (χ1v) is 12.0. The molecule has 0 spiro atoms. The molecule has 0 saturated heterocycles. The highest BCUT2D eigenvalue weighted by Crippen LogP contribution is 2.48. The number of carbonyl (C=O) groups is 1. The number of hydrogen-bond donors (Lipinski definition) is 0. The van der Waals surface area contributed by atoms with Gasteiger partial charge in [0.2, 0.25) is 0 Å². The Balaban J connectivity index is 1.33. The van der Waals surface area contributed by atoms with E-state index in [0.29, 0.717) is 26.1 Å². The predicted octanol–water partition coefficient (Wildman–Crippen LogP) is 5.05. The Kier molecular flexibility index (Phi) is 5.71. The molecule has 1 saturated carbocycles. The van der Waals surface area contributed by atoms with Gasteiger partial charge in [0.15, 0.2) is 0 Å². The van der Waals surface area contributed by atoms with Gasteiger partial charge in [-0.1, -0.05) is 54.8 Å². The van der Waals surface area contributed by atoms with E-state index in [4.69, 9.17) is 16.3 Å². The summed E-state index contributed by atoms with van der Waals surface area (Å²) in [6, 6.07) is 13.9. The number of hydrogen-bond acceptors (Lipinski definition) is 5. The quantitative estimate of drug-likeness (QED) is 0.551. The highest BCUT2D eigenvalue weighted by atomic mass is 35.5. The van der Waals surface area contributed by atoms with Crippen LogP contribution in [-0.4, -0.2) is 38.8 Å². The van der Waals surface area contributed by atoms with Crippen LogP contribution in [0.1, 0.15) is 47.8 Å². The summed E-state index contributed by atoms with van der Waals surface area (Å²) in [5.74, 6) is 1.97. The molecule has 8 heteroatoms. The van der Waals surface area contributed by atoms with Gasteiger partial charge in [0.1, 0.15) is 18.3 Å². The van der Waals surface area contributed by atoms with E-state index in [1.54, 1.807) is 16.2 Å². The largest absolute Gasteiger partial charge is 0.445 e. The van der Waals surface area contributed by atoms with Crippen molar-refractivity contribution in [1.29, 1.82) is 0 Å². The second-order valence-corrected chi connectivity index (χ2v) is 9.98. The number of ether oxygens (including phenoxy) is 1. The van der Waals surface area contributed by atoms with Crippen LogP contribution >= 0.6 is 22.9 Å². The lowest BCUT2D eigenvalue weighted by atomic mass is 9.83. The van der Waals surface area contributed by atoms with Gasteiger partial charge < -0.3 is 14.2 Å². The van der Waals surface area contributed by atoms with Crippen molar-refractivity contribution in [2.75, 3.05) is 13.1 Å². The maximum absolute atomic E-state index is 12.7. The molecule has 2 aliphatic rings. The van der Waals surface area contributed by atoms with Crippen molar-refractivity contribution in [1.82, 2.24) is 19.7 Å². The third-order valence-electron chi connectivity index (χ3n) is 6.42. The molecule has 1 amide bonds. The zero-order valence-corrected chi connectivity index (χ0v) is 18.9. The van der Waals surface area contributed by atoms with E-state index >= 15 is 0 Å². The average Bonchev–Trinajstić information content (AvgIpc) is 3.51. The van der Waals surface area contributed by atoms with Gasteiger partial charge in [-0.3, -0.25) is 0 Å². The molecule has 0 N–H and O–H groups in total. The molecule has 6 nitrogen and oxygen atoms in total. The Morgan fingerprint density at radius 2 is 1.87 bits per heavy atom. The molecule has 0 radical (unpaired) electrons. The SMILES string of the molecule is O=C(OCc1ccccc1)N1CCc2nnc(C3(c4ccc(Cl)s4)CCCC3)n2CC1. The van der Waals surface area contributed by atoms with Gasteiger partial charge in [-0.05, 0) is 30.5 Å². The molecule has 31 heavy (non-hydrogen) atoms. The molecular weight excluding hydrogens is 432 g/mol. The molecule has 1 aliphatic carbocycles. The molecule has 1 aromatic carbocycles. The molecule has 0 atom stereocenters. The number of thiophene rings is 1. The van der Waals surface area contributed by atoms with Gasteiger partial charge in [-0.25, -0.2) is 4.79 Å². The van der Waals surface area contributed by atoms with E-state index in [1.165, 1.54) is 17.7 Å². The Morgan fingerprint density at radius 1 is 1.06 bits per heavy atom. The molecule has 162 valence electrons. The molecule has 0 bridgehead atoms. The van der Waals surface area contributed by atoms with Gasteiger partial charge >= 0.3 is 6.09 Å². The van der Waals surface area contributed by atoms with Gasteiger partial charge in [-0.15, -0.1) is 21.5 Å². The van der Waals surface area contributed by atoms with Crippen LogP contribution in [0, 0.1) is 0 Å². The van der Waals surface area contributed by atoms with Crippen LogP contribution in [0.25, 0.3) is 0 Å². The maximum Gasteiger partial charge on any atom is 0.410 e. The summed E-state index contributed by atoms with van der Waals surface area (Å²) in [6.07, 6.45) is 4.88. The first-order valence-electron chi connectivity index (χ1n) is 10.8. The van der Waals surface area contributed by atoms with Gasteiger partial charge in [0, 0.05) is 30.9 Å². The minimum atomic E-state index is -0.273. The normalized spacial score (nSPS) is 17.9. The zero-order valence-electron chi connectivity index (χ0n) is 17.3. The summed E-state index contributed by atoms with van der Waals surface area (Å²) in [7, 11) is 0. The lowest BCUT2D eigenvalue weighted by Crippen LogP contribution is -2.35. The zero-order chi connectivity index (χ0) is 21.3. The second kappa shape index (κ2) is 8.63. The monoisotopic (exact) mass is 456 g/mol. The van der Waals surface area contributed by atoms with Crippen LogP contribution in [0.3, 0.4) is 0 Å². The Morgan fingerprint density at radius 3 is 2.61 bits per heavy atom. The van der Waals surface area contributed by atoms with E-state index in [1.807, 2.05) is 36.4 Å². The Bertz CT molecular complexity index is 1060. The summed E-state index contributed by atoms with van der Waals surface area (Å²) in [4.78, 5) is 15.7. The molecule has 2 aromatic heterocycles. The summed E-state index contributed by atoms with van der Waals surface area (Å²) in [5.41, 5.74) is 0.870. The van der Waals surface area contributed by atoms with Crippen molar-refractivity contribution in [3.8, 4) is 0 Å². The summed E-state index contributed by atoms with van der Waals surface area (Å²) >= 11 is 7.92. The van der Waals surface area contributed by atoms with E-state index in [2.05, 4.69) is 20.8 Å². The topological polar surface area (TPSA) is 60.2 Å². The minimum Gasteiger partial charge on any atom is -0.445 e. The Labute approximate surface area is 190 Å². The van der Waals surface area contributed by atoms with Crippen LogP contribution in [0.5, 0.6) is 0 Å². The number of carbonyl (C=O) groups excluding carboxylic acids is 1. The predicted molar refractivity (Wildman–Crippen MR) is 121 cm³/mol. The number of nitrogens with zero attached hydrogens (tertiary/aromatic N) is 4. The number of halogens is 1. The molecule has 1 fully saturated rings. The highest BCUT2D eigenvalue weighted by Gasteiger charge is 2.43. The fraction of sp³-hybridized carbons (Fsp3) is 0.435.